The molecule has 1 aliphatic rings. The summed E-state index contributed by atoms with van der Waals surface area (Å²) in [6, 6.07) is 1.44. The van der Waals surface area contributed by atoms with Crippen molar-refractivity contribution < 1.29 is 36.2 Å². The Balaban J connectivity index is 0.000000351. The van der Waals surface area contributed by atoms with Gasteiger partial charge in [0.05, 0.1) is 18.4 Å². The van der Waals surface area contributed by atoms with Crippen molar-refractivity contribution in [3.8, 4) is 0 Å². The Hall–Kier alpha value is -2.04. The van der Waals surface area contributed by atoms with E-state index >= 15 is 0 Å². The number of aliphatic carboxylic acids is 1. The second-order valence-electron chi connectivity index (χ2n) is 4.96. The molecule has 24 heavy (non-hydrogen) atoms. The maximum absolute atomic E-state index is 13.5. The van der Waals surface area contributed by atoms with Gasteiger partial charge < -0.3 is 15.7 Å². The quantitative estimate of drug-likeness (QED) is 0.724. The normalized spacial score (nSPS) is 19.8. The summed E-state index contributed by atoms with van der Waals surface area (Å²) in [6.45, 7) is 0.328. The Kier molecular flexibility index (Phi) is 6.81. The number of halogens is 6. The van der Waals surface area contributed by atoms with Gasteiger partial charge in [-0.2, -0.15) is 13.2 Å². The van der Waals surface area contributed by atoms with Crippen LogP contribution >= 0.6 is 0 Å². The Bertz CT molecular complexity index is 553. The Labute approximate surface area is 133 Å². The van der Waals surface area contributed by atoms with E-state index in [1.54, 1.807) is 0 Å². The Morgan fingerprint density at radius 2 is 2.08 bits per heavy atom. The number of hydrogen-bond acceptors (Lipinski definition) is 4. The van der Waals surface area contributed by atoms with Crippen molar-refractivity contribution in [2.75, 3.05) is 25.0 Å². The molecule has 2 heterocycles. The summed E-state index contributed by atoms with van der Waals surface area (Å²) in [5, 5.41) is 12.5. The predicted molar refractivity (Wildman–Crippen MR) is 72.3 cm³/mol. The topological polar surface area (TPSA) is 74.2 Å². The third kappa shape index (κ3) is 6.22. The molecule has 3 N–H and O–H groups in total. The molecule has 0 amide bonds. The van der Waals surface area contributed by atoms with Crippen LogP contribution in [0.15, 0.2) is 18.5 Å². The fraction of sp³-hybridized carbons (Fsp3) is 0.538. The van der Waals surface area contributed by atoms with Gasteiger partial charge in [-0.05, 0) is 19.0 Å². The van der Waals surface area contributed by atoms with Crippen molar-refractivity contribution in [3.63, 3.8) is 0 Å². The number of nitrogens with zero attached hydrogens (tertiary/aromatic N) is 1. The molecule has 0 saturated carbocycles. The second kappa shape index (κ2) is 8.18. The zero-order chi connectivity index (χ0) is 18.4. The lowest BCUT2D eigenvalue weighted by molar-refractivity contribution is -0.192. The molecule has 11 heteroatoms. The third-order valence-electron chi connectivity index (χ3n) is 3.18. The van der Waals surface area contributed by atoms with Gasteiger partial charge >= 0.3 is 12.1 Å². The molecule has 1 aromatic rings. The molecule has 5 nitrogen and oxygen atoms in total. The predicted octanol–water partition coefficient (Wildman–Crippen LogP) is 2.51. The number of aromatic nitrogens is 1. The van der Waals surface area contributed by atoms with Crippen LogP contribution in [0.2, 0.25) is 0 Å². The number of alkyl halides is 5. The van der Waals surface area contributed by atoms with Gasteiger partial charge in [-0.1, -0.05) is 0 Å². The van der Waals surface area contributed by atoms with E-state index in [0.29, 0.717) is 13.0 Å². The Morgan fingerprint density at radius 3 is 2.58 bits per heavy atom. The van der Waals surface area contributed by atoms with E-state index in [9.17, 15) is 26.3 Å². The molecule has 136 valence electrons. The largest absolute Gasteiger partial charge is 0.490 e. The fourth-order valence-electron chi connectivity index (χ4n) is 1.89. The fourth-order valence-corrected chi connectivity index (χ4v) is 1.89. The zero-order valence-electron chi connectivity index (χ0n) is 12.2. The van der Waals surface area contributed by atoms with E-state index < -0.39 is 29.8 Å². The highest BCUT2D eigenvalue weighted by atomic mass is 19.4. The first kappa shape index (κ1) is 20.0. The smallest absolute Gasteiger partial charge is 0.475 e. The molecule has 1 aromatic heterocycles. The van der Waals surface area contributed by atoms with Gasteiger partial charge in [-0.3, -0.25) is 4.98 Å². The first-order valence-electron chi connectivity index (χ1n) is 6.76. The van der Waals surface area contributed by atoms with Crippen LogP contribution in [0.5, 0.6) is 0 Å². The van der Waals surface area contributed by atoms with Gasteiger partial charge in [0, 0.05) is 18.7 Å². The first-order chi connectivity index (χ1) is 11.0. The van der Waals surface area contributed by atoms with E-state index in [0.717, 1.165) is 6.20 Å². The van der Waals surface area contributed by atoms with Crippen LogP contribution in [0.3, 0.4) is 0 Å². The number of piperidine rings is 1. The minimum atomic E-state index is -5.08. The molecule has 2 rings (SSSR count). The number of carboxylic acid groups (broad SMARTS) is 1. The van der Waals surface area contributed by atoms with Crippen molar-refractivity contribution in [2.45, 2.75) is 18.5 Å². The molecule has 0 bridgehead atoms. The second-order valence-corrected chi connectivity index (χ2v) is 4.96. The van der Waals surface area contributed by atoms with Crippen LogP contribution in [-0.2, 0) is 4.79 Å². The highest BCUT2D eigenvalue weighted by Crippen LogP contribution is 2.29. The number of carboxylic acids is 1. The highest BCUT2D eigenvalue weighted by Gasteiger charge is 2.41. The monoisotopic (exact) mass is 359 g/mol. The molecule has 1 saturated heterocycles. The lowest BCUT2D eigenvalue weighted by atomic mass is 9.94. The molecule has 0 spiro atoms. The Morgan fingerprint density at radius 1 is 1.46 bits per heavy atom. The van der Waals surface area contributed by atoms with E-state index in [4.69, 9.17) is 9.90 Å². The average molecular weight is 359 g/mol. The molecule has 1 atom stereocenters. The van der Waals surface area contributed by atoms with E-state index in [1.807, 2.05) is 0 Å². The summed E-state index contributed by atoms with van der Waals surface area (Å²) in [5.74, 6) is -6.79. The van der Waals surface area contributed by atoms with Crippen LogP contribution in [-0.4, -0.2) is 47.8 Å². The van der Waals surface area contributed by atoms with E-state index in [-0.39, 0.29) is 18.8 Å². The lowest BCUT2D eigenvalue weighted by Gasteiger charge is -2.32. The van der Waals surface area contributed by atoms with Gasteiger partial charge in [-0.25, -0.2) is 18.0 Å². The third-order valence-corrected chi connectivity index (χ3v) is 3.18. The number of pyridine rings is 1. The molecular weight excluding hydrogens is 344 g/mol. The van der Waals surface area contributed by atoms with Crippen molar-refractivity contribution >= 4 is 11.7 Å². The average Bonchev–Trinajstić information content (AvgIpc) is 2.47. The summed E-state index contributed by atoms with van der Waals surface area (Å²) in [5.41, 5.74) is 0.217. The van der Waals surface area contributed by atoms with Gasteiger partial charge in [0.25, 0.3) is 5.92 Å². The lowest BCUT2D eigenvalue weighted by Crippen LogP contribution is -2.48. The summed E-state index contributed by atoms with van der Waals surface area (Å²) < 4.78 is 71.9. The van der Waals surface area contributed by atoms with Gasteiger partial charge in [-0.15, -0.1) is 0 Å². The van der Waals surface area contributed by atoms with Crippen LogP contribution in [0.1, 0.15) is 6.42 Å². The van der Waals surface area contributed by atoms with Crippen LogP contribution in [0.4, 0.5) is 32.0 Å². The number of nitrogens with one attached hydrogen (secondary N) is 2. The van der Waals surface area contributed by atoms with Crippen LogP contribution in [0.25, 0.3) is 0 Å². The summed E-state index contributed by atoms with van der Waals surface area (Å²) in [6.07, 6.45) is -2.22. The van der Waals surface area contributed by atoms with Crippen molar-refractivity contribution in [3.05, 3.63) is 24.3 Å². The van der Waals surface area contributed by atoms with Gasteiger partial charge in [0.2, 0.25) is 0 Å². The van der Waals surface area contributed by atoms with Crippen LogP contribution in [0, 0.1) is 11.7 Å². The highest BCUT2D eigenvalue weighted by molar-refractivity contribution is 5.73. The summed E-state index contributed by atoms with van der Waals surface area (Å²) in [7, 11) is 0. The molecule has 1 aliphatic heterocycles. The maximum atomic E-state index is 13.5. The number of carbonyl (C=O) groups is 1. The number of rotatable bonds is 3. The zero-order valence-corrected chi connectivity index (χ0v) is 12.2. The van der Waals surface area contributed by atoms with Crippen molar-refractivity contribution in [2.24, 2.45) is 5.92 Å². The minimum Gasteiger partial charge on any atom is -0.475 e. The molecule has 0 aromatic carbocycles. The van der Waals surface area contributed by atoms with Crippen LogP contribution < -0.4 is 10.6 Å². The van der Waals surface area contributed by atoms with Crippen molar-refractivity contribution in [1.29, 1.82) is 0 Å². The maximum Gasteiger partial charge on any atom is 0.490 e. The molecule has 0 unspecified atom stereocenters. The van der Waals surface area contributed by atoms with Gasteiger partial charge in [0.15, 0.2) is 5.82 Å². The van der Waals surface area contributed by atoms with Gasteiger partial charge in [0.1, 0.15) is 0 Å². The van der Waals surface area contributed by atoms with E-state index in [2.05, 4.69) is 15.6 Å². The number of hydrogen-bond donors (Lipinski definition) is 3. The summed E-state index contributed by atoms with van der Waals surface area (Å²) >= 11 is 0. The molecule has 0 aliphatic carbocycles. The SMILES string of the molecule is Fc1cnccc1NC[C@H]1CCNCC1(F)F.O=C(O)C(F)(F)F. The standard InChI is InChI=1S/C11H14F3N3.C2HF3O2/c12-9-6-15-4-2-10(9)17-5-8-1-3-16-7-11(8,13)14;3-2(4,5)1(6)7/h2,4,6,8,16H,1,3,5,7H2,(H,15,17);(H,6,7)/t8-;/m1./s1. The first-order valence-corrected chi connectivity index (χ1v) is 6.76. The molecule has 0 radical (unpaired) electrons. The number of anilines is 1. The molecular formula is C13H15F6N3O2. The van der Waals surface area contributed by atoms with E-state index in [1.165, 1.54) is 12.3 Å². The summed E-state index contributed by atoms with van der Waals surface area (Å²) in [4.78, 5) is 12.5. The molecule has 1 fully saturated rings. The minimum absolute atomic E-state index is 0.0651. The van der Waals surface area contributed by atoms with Crippen molar-refractivity contribution in [1.82, 2.24) is 10.3 Å².